The van der Waals surface area contributed by atoms with Gasteiger partial charge in [0.25, 0.3) is 16.0 Å². The number of halogens is 2. The summed E-state index contributed by atoms with van der Waals surface area (Å²) in [5.41, 5.74) is 0.555. The van der Waals surface area contributed by atoms with Crippen LogP contribution in [0.4, 0.5) is 0 Å². The summed E-state index contributed by atoms with van der Waals surface area (Å²) in [7, 11) is -3.40. The second-order valence-electron chi connectivity index (χ2n) is 13.8. The van der Waals surface area contributed by atoms with Crippen molar-refractivity contribution in [3.63, 3.8) is 0 Å². The Labute approximate surface area is 328 Å². The molecule has 0 aliphatic carbocycles. The lowest BCUT2D eigenvalue weighted by molar-refractivity contribution is -0.161. The first-order chi connectivity index (χ1) is 25.0. The summed E-state index contributed by atoms with van der Waals surface area (Å²) >= 11 is 14.5. The number of carbonyl (C=O) groups excluding carboxylic acids is 4. The number of hydrogen-bond donors (Lipinski definition) is 5. The molecule has 21 heteroatoms. The number of carbonyl (C=O) groups is 6. The maximum Gasteiger partial charge on any atom is 0.327 e. The number of nitrogens with one attached hydrogen (secondary N) is 2. The zero-order valence-corrected chi connectivity index (χ0v) is 33.1. The molecule has 6 rings (SSSR count). The van der Waals surface area contributed by atoms with E-state index in [9.17, 15) is 52.0 Å². The van der Waals surface area contributed by atoms with Gasteiger partial charge >= 0.3 is 11.9 Å². The maximum absolute atomic E-state index is 12.7. The van der Waals surface area contributed by atoms with E-state index in [-0.39, 0.29) is 10.6 Å². The van der Waals surface area contributed by atoms with Crippen LogP contribution in [-0.2, 0) is 43.6 Å². The Bertz CT molecular complexity index is 2000. The van der Waals surface area contributed by atoms with Crippen molar-refractivity contribution in [3.05, 3.63) is 69.7 Å². The Kier molecular flexibility index (Phi) is 11.7. The van der Waals surface area contributed by atoms with Crippen LogP contribution in [0.5, 0.6) is 0 Å². The summed E-state index contributed by atoms with van der Waals surface area (Å²) < 4.78 is 36.8. The number of carboxylic acids is 2. The van der Waals surface area contributed by atoms with Crippen molar-refractivity contribution in [2.24, 2.45) is 0 Å². The summed E-state index contributed by atoms with van der Waals surface area (Å²) in [6.45, 7) is 6.92. The summed E-state index contributed by atoms with van der Waals surface area (Å²) in [5, 5.41) is 21.6. The highest BCUT2D eigenvalue weighted by Gasteiger charge is 2.65. The molecule has 4 aliphatic heterocycles. The fourth-order valence-corrected chi connectivity index (χ4v) is 11.3. The second kappa shape index (κ2) is 15.2. The van der Waals surface area contributed by atoms with Gasteiger partial charge in [0.1, 0.15) is 34.9 Å². The summed E-state index contributed by atoms with van der Waals surface area (Å²) in [4.78, 5) is 75.7. The highest BCUT2D eigenvalue weighted by molar-refractivity contribution is 8.02. The Morgan fingerprint density at radius 2 is 1.24 bits per heavy atom. The second-order valence-corrected chi connectivity index (χ2v) is 19.6. The molecule has 4 heterocycles. The van der Waals surface area contributed by atoms with Gasteiger partial charge < -0.3 is 35.4 Å². The molecule has 1 unspecified atom stereocenters. The van der Waals surface area contributed by atoms with Gasteiger partial charge in [0.15, 0.2) is 11.4 Å². The first-order valence-corrected chi connectivity index (χ1v) is 20.1. The van der Waals surface area contributed by atoms with Crippen LogP contribution in [0, 0.1) is 0 Å². The van der Waals surface area contributed by atoms with E-state index in [2.05, 4.69) is 10.6 Å². The van der Waals surface area contributed by atoms with Gasteiger partial charge in [0.2, 0.25) is 17.7 Å². The number of nitrogens with zero attached hydrogens (tertiary/aromatic N) is 2. The molecule has 8 atom stereocenters. The van der Waals surface area contributed by atoms with Gasteiger partial charge in [0.05, 0.1) is 10.0 Å². The van der Waals surface area contributed by atoms with Crippen LogP contribution in [0.15, 0.2) is 48.5 Å². The molecule has 2 aromatic carbocycles. The number of methoxy groups -OCH3 is 1. The number of fused-ring (bicyclic) bond motifs is 2. The smallest absolute Gasteiger partial charge is 0.327 e. The van der Waals surface area contributed by atoms with Crippen LogP contribution in [0.1, 0.15) is 50.2 Å². The number of carboxylic acid groups (broad SMARTS) is 2. The van der Waals surface area contributed by atoms with Crippen LogP contribution >= 0.6 is 46.7 Å². The van der Waals surface area contributed by atoms with Crippen molar-refractivity contribution >= 4 is 92.4 Å². The van der Waals surface area contributed by atoms with Crippen LogP contribution in [0.3, 0.4) is 0 Å². The van der Waals surface area contributed by atoms with Crippen LogP contribution in [0.2, 0.25) is 10.0 Å². The van der Waals surface area contributed by atoms with E-state index >= 15 is 0 Å². The van der Waals surface area contributed by atoms with Crippen LogP contribution in [0.25, 0.3) is 0 Å². The molecule has 0 aromatic heterocycles. The van der Waals surface area contributed by atoms with Gasteiger partial charge in [0, 0.05) is 16.6 Å². The molecule has 54 heavy (non-hydrogen) atoms. The number of rotatable bonds is 10. The highest BCUT2D eigenvalue weighted by Crippen LogP contribution is 2.52. The van der Waals surface area contributed by atoms with Gasteiger partial charge in [-0.25, -0.2) is 9.59 Å². The van der Waals surface area contributed by atoms with E-state index in [0.29, 0.717) is 10.6 Å². The van der Waals surface area contributed by atoms with Gasteiger partial charge in [-0.15, -0.1) is 23.5 Å². The van der Waals surface area contributed by atoms with Crippen molar-refractivity contribution in [1.82, 2.24) is 20.4 Å². The fourth-order valence-electron chi connectivity index (χ4n) is 6.91. The highest BCUT2D eigenvalue weighted by atomic mass is 35.5. The molecular formula is C33H36Cl2N4O12S3. The third-order valence-corrected chi connectivity index (χ3v) is 14.3. The predicted molar refractivity (Wildman–Crippen MR) is 198 cm³/mol. The molecule has 0 bridgehead atoms. The molecule has 0 saturated carbocycles. The Morgan fingerprint density at radius 1 is 0.778 bits per heavy atom. The molecule has 292 valence electrons. The topological polar surface area (TPSA) is 237 Å². The average Bonchev–Trinajstić information content (AvgIpc) is 3.49. The van der Waals surface area contributed by atoms with Crippen molar-refractivity contribution < 1.29 is 56.7 Å². The summed E-state index contributed by atoms with van der Waals surface area (Å²) in [6.07, 6.45) is -0.976. The van der Waals surface area contributed by atoms with Crippen molar-refractivity contribution in [2.75, 3.05) is 7.11 Å². The number of benzene rings is 2. The monoisotopic (exact) mass is 846 g/mol. The largest absolute Gasteiger partial charge is 0.480 e. The van der Waals surface area contributed by atoms with Crippen molar-refractivity contribution in [1.29, 1.82) is 0 Å². The van der Waals surface area contributed by atoms with Crippen molar-refractivity contribution in [2.45, 2.75) is 83.5 Å². The Balaban J connectivity index is 0.000000208. The van der Waals surface area contributed by atoms with E-state index in [4.69, 9.17) is 27.9 Å². The lowest BCUT2D eigenvalue weighted by Crippen LogP contribution is -2.71. The first kappa shape index (κ1) is 41.6. The van der Waals surface area contributed by atoms with E-state index in [0.717, 1.165) is 0 Å². The average molecular weight is 848 g/mol. The van der Waals surface area contributed by atoms with E-state index in [1.54, 1.807) is 45.9 Å². The van der Waals surface area contributed by atoms with Crippen LogP contribution < -0.4 is 10.6 Å². The molecule has 4 aliphatic rings. The molecule has 5 N–H and O–H groups in total. The van der Waals surface area contributed by atoms with E-state index in [1.807, 2.05) is 0 Å². The van der Waals surface area contributed by atoms with Gasteiger partial charge in [-0.05, 0) is 51.0 Å². The number of amides is 4. The number of aliphatic carboxylic acids is 2. The van der Waals surface area contributed by atoms with E-state index < -0.39 is 101 Å². The summed E-state index contributed by atoms with van der Waals surface area (Å²) in [5.74, 6) is -4.76. The third-order valence-electron chi connectivity index (χ3n) is 9.30. The predicted octanol–water partition coefficient (Wildman–Crippen LogP) is 2.56. The van der Waals surface area contributed by atoms with E-state index in [1.165, 1.54) is 70.8 Å². The number of ether oxygens (including phenoxy) is 1. The Morgan fingerprint density at radius 3 is 1.65 bits per heavy atom. The summed E-state index contributed by atoms with van der Waals surface area (Å²) in [6, 6.07) is 8.29. The molecule has 2 aromatic rings. The molecular weight excluding hydrogens is 811 g/mol. The number of thioether (sulfide) groups is 2. The van der Waals surface area contributed by atoms with Gasteiger partial charge in [-0.2, -0.15) is 8.42 Å². The minimum Gasteiger partial charge on any atom is -0.480 e. The molecule has 4 amide bonds. The number of β-lactam (4-membered cyclic amide) rings is 2. The fraction of sp³-hybridized carbons (Fsp3) is 0.455. The van der Waals surface area contributed by atoms with Gasteiger partial charge in [-0.1, -0.05) is 59.6 Å². The quantitative estimate of drug-likeness (QED) is 0.171. The lowest BCUT2D eigenvalue weighted by atomic mass is 9.96. The maximum atomic E-state index is 12.7. The first-order valence-electron chi connectivity index (χ1n) is 16.1. The zero-order valence-electron chi connectivity index (χ0n) is 29.1. The standard InChI is InChI=1S/C17H18Cl2N2O5S.C16H18N2O7S2/c1-17(2)12(16(24)25)21-14(23)10(15(21)27-17)20-13(22)11(26-3)7-4-5-8(18)9(19)6-7;1-16(2)11(15(21)22)18-13(20)9(14(18)26-16)17-12(19)10(27(23,24)25)8-6-4-3-5-7-8/h4-6,10-12,15H,1-3H3,(H,20,22)(H,24,25);3-7,9-11,14H,1-2H3,(H,17,19)(H,21,22)(H,23,24,25)/t10-,11?,12+,15-;9-,10-,11+,14-/m11/s1. The molecule has 4 saturated heterocycles. The Hall–Kier alpha value is -3.59. The molecule has 0 radical (unpaired) electrons. The third kappa shape index (κ3) is 7.63. The normalized spacial score (nSPS) is 27.2. The van der Waals surface area contributed by atoms with Gasteiger partial charge in [-0.3, -0.25) is 23.7 Å². The SMILES string of the molecule is CC1(C)S[C@@H]2[C@H](NC(=O)[C@@H](c3ccccc3)S(=O)(=O)O)C(=O)N2[C@H]1C(=O)O.COC(C(=O)N[C@@H]1C(=O)N2[C@@H]1SC(C)(C)[C@@H]2C(=O)O)c1ccc(Cl)c(Cl)c1. The number of hydrogen-bond acceptors (Lipinski definition) is 11. The lowest BCUT2D eigenvalue weighted by Gasteiger charge is -2.43. The molecule has 16 nitrogen and oxygen atoms in total. The minimum absolute atomic E-state index is 0.0592. The van der Waals surface area contributed by atoms with Crippen LogP contribution in [-0.4, -0.2) is 120 Å². The molecule has 0 spiro atoms. The zero-order chi connectivity index (χ0) is 40.2. The van der Waals surface area contributed by atoms with Crippen molar-refractivity contribution in [3.8, 4) is 0 Å². The molecule has 4 fully saturated rings. The minimum atomic E-state index is -4.77.